The van der Waals surface area contributed by atoms with Crippen molar-refractivity contribution < 1.29 is 13.2 Å². The maximum atomic E-state index is 12.1. The molecule has 0 aliphatic carbocycles. The predicted molar refractivity (Wildman–Crippen MR) is 82.0 cm³/mol. The maximum absolute atomic E-state index is 12.1. The lowest BCUT2D eigenvalue weighted by atomic mass is 10.4. The molecule has 0 aliphatic rings. The molecule has 21 heavy (non-hydrogen) atoms. The molecule has 0 radical (unpaired) electrons. The van der Waals surface area contributed by atoms with E-state index >= 15 is 0 Å². The van der Waals surface area contributed by atoms with Gasteiger partial charge in [-0.2, -0.15) is 4.99 Å². The number of hydrogen-bond donors (Lipinski definition) is 0. The topological polar surface area (TPSA) is 68.5 Å². The molecule has 1 heterocycles. The van der Waals surface area contributed by atoms with E-state index in [2.05, 4.69) is 4.99 Å². The van der Waals surface area contributed by atoms with Gasteiger partial charge < -0.3 is 4.57 Å². The number of thiazole rings is 1. The number of aryl methyl sites for hydroxylation is 1. The zero-order valence-electron chi connectivity index (χ0n) is 11.2. The van der Waals surface area contributed by atoms with Gasteiger partial charge in [0.05, 0.1) is 10.6 Å². The number of carbonyl (C=O) groups is 1. The van der Waals surface area contributed by atoms with E-state index in [4.69, 9.17) is 11.6 Å². The lowest BCUT2D eigenvalue weighted by Crippen LogP contribution is -2.15. The molecule has 5 nitrogen and oxygen atoms in total. The Labute approximate surface area is 131 Å². The van der Waals surface area contributed by atoms with Gasteiger partial charge in [0.1, 0.15) is 0 Å². The summed E-state index contributed by atoms with van der Waals surface area (Å²) in [7, 11) is -1.73. The minimum Gasteiger partial charge on any atom is -0.327 e. The van der Waals surface area contributed by atoms with Crippen molar-refractivity contribution >= 4 is 38.7 Å². The van der Waals surface area contributed by atoms with Gasteiger partial charge in [-0.3, -0.25) is 4.79 Å². The average Bonchev–Trinajstić information content (AvgIpc) is 2.83. The lowest BCUT2D eigenvalue weighted by Gasteiger charge is -2.02. The van der Waals surface area contributed by atoms with E-state index in [1.165, 1.54) is 35.6 Å². The van der Waals surface area contributed by atoms with Crippen LogP contribution in [-0.4, -0.2) is 24.6 Å². The summed E-state index contributed by atoms with van der Waals surface area (Å²) >= 11 is 7.04. The summed E-state index contributed by atoms with van der Waals surface area (Å²) in [4.78, 5) is 16.3. The number of halogens is 1. The Kier molecular flexibility index (Phi) is 4.97. The summed E-state index contributed by atoms with van der Waals surface area (Å²) in [6, 6.07) is 5.87. The number of aromatic nitrogens is 1. The van der Waals surface area contributed by atoms with Crippen molar-refractivity contribution in [1.29, 1.82) is 0 Å². The van der Waals surface area contributed by atoms with Gasteiger partial charge in [0.25, 0.3) is 0 Å². The van der Waals surface area contributed by atoms with E-state index in [0.717, 1.165) is 0 Å². The number of nitrogens with zero attached hydrogens (tertiary/aromatic N) is 2. The number of carbonyl (C=O) groups excluding carboxylic acids is 1. The molecule has 1 aromatic carbocycles. The van der Waals surface area contributed by atoms with Gasteiger partial charge in [0, 0.05) is 30.1 Å². The molecular formula is C13H13ClN2O3S2. The SMILES string of the molecule is Cn1ccsc1=NC(=O)CCS(=O)(=O)c1ccc(Cl)cc1. The van der Waals surface area contributed by atoms with Crippen LogP contribution in [0.15, 0.2) is 45.7 Å². The van der Waals surface area contributed by atoms with Crippen LogP contribution in [0, 0.1) is 0 Å². The standard InChI is InChI=1S/C13H13ClN2O3S2/c1-16-7-8-20-13(16)15-12(17)6-9-21(18,19)11-4-2-10(14)3-5-11/h2-5,7-8H,6,9H2,1H3. The van der Waals surface area contributed by atoms with E-state index in [9.17, 15) is 13.2 Å². The van der Waals surface area contributed by atoms with Crippen LogP contribution in [0.5, 0.6) is 0 Å². The van der Waals surface area contributed by atoms with Gasteiger partial charge in [-0.15, -0.1) is 11.3 Å². The highest BCUT2D eigenvalue weighted by atomic mass is 35.5. The van der Waals surface area contributed by atoms with Crippen molar-refractivity contribution in [3.63, 3.8) is 0 Å². The second-order valence-corrected chi connectivity index (χ2v) is 7.74. The third kappa shape index (κ3) is 4.26. The normalized spacial score (nSPS) is 12.6. The monoisotopic (exact) mass is 344 g/mol. The Morgan fingerprint density at radius 2 is 2.00 bits per heavy atom. The Hall–Kier alpha value is -1.44. The molecule has 0 bridgehead atoms. The highest BCUT2D eigenvalue weighted by Gasteiger charge is 2.16. The third-order valence-electron chi connectivity index (χ3n) is 2.74. The molecule has 0 saturated heterocycles. The van der Waals surface area contributed by atoms with Gasteiger partial charge in [-0.25, -0.2) is 8.42 Å². The van der Waals surface area contributed by atoms with Gasteiger partial charge >= 0.3 is 0 Å². The van der Waals surface area contributed by atoms with E-state index in [-0.39, 0.29) is 17.1 Å². The first-order valence-electron chi connectivity index (χ1n) is 6.04. The summed E-state index contributed by atoms with van der Waals surface area (Å²) in [5, 5.41) is 2.27. The zero-order valence-corrected chi connectivity index (χ0v) is 13.6. The Bertz CT molecular complexity index is 804. The van der Waals surface area contributed by atoms with Crippen LogP contribution in [-0.2, 0) is 21.7 Å². The molecule has 0 unspecified atom stereocenters. The van der Waals surface area contributed by atoms with E-state index in [1.807, 2.05) is 0 Å². The van der Waals surface area contributed by atoms with Crippen LogP contribution < -0.4 is 4.80 Å². The second kappa shape index (κ2) is 6.55. The Balaban J connectivity index is 2.07. The van der Waals surface area contributed by atoms with Crippen LogP contribution in [0.2, 0.25) is 5.02 Å². The molecule has 8 heteroatoms. The largest absolute Gasteiger partial charge is 0.327 e. The van der Waals surface area contributed by atoms with Crippen molar-refractivity contribution in [2.75, 3.05) is 5.75 Å². The van der Waals surface area contributed by atoms with Crippen molar-refractivity contribution in [1.82, 2.24) is 4.57 Å². The summed E-state index contributed by atoms with van der Waals surface area (Å²) in [6.45, 7) is 0. The summed E-state index contributed by atoms with van der Waals surface area (Å²) in [5.41, 5.74) is 0. The van der Waals surface area contributed by atoms with Crippen molar-refractivity contribution in [3.8, 4) is 0 Å². The summed E-state index contributed by atoms with van der Waals surface area (Å²) in [6.07, 6.45) is 1.63. The van der Waals surface area contributed by atoms with E-state index in [0.29, 0.717) is 9.82 Å². The second-order valence-electron chi connectivity index (χ2n) is 4.32. The number of rotatable bonds is 4. The quantitative estimate of drug-likeness (QED) is 0.852. The van der Waals surface area contributed by atoms with Crippen LogP contribution in [0.1, 0.15) is 6.42 Å². The van der Waals surface area contributed by atoms with Crippen LogP contribution >= 0.6 is 22.9 Å². The Morgan fingerprint density at radius 3 is 2.57 bits per heavy atom. The summed E-state index contributed by atoms with van der Waals surface area (Å²) in [5.74, 6) is -0.725. The van der Waals surface area contributed by atoms with Gasteiger partial charge in [-0.1, -0.05) is 11.6 Å². The molecule has 0 spiro atoms. The van der Waals surface area contributed by atoms with Gasteiger partial charge in [0.2, 0.25) is 5.91 Å². The number of sulfone groups is 1. The number of amides is 1. The average molecular weight is 345 g/mol. The minimum absolute atomic E-state index is 0.150. The molecule has 0 fully saturated rings. The molecule has 1 aromatic heterocycles. The van der Waals surface area contributed by atoms with Crippen molar-refractivity contribution in [2.45, 2.75) is 11.3 Å². The third-order valence-corrected chi connectivity index (χ3v) is 5.57. The van der Waals surface area contributed by atoms with Gasteiger partial charge in [-0.05, 0) is 24.3 Å². The molecule has 0 N–H and O–H groups in total. The van der Waals surface area contributed by atoms with Crippen molar-refractivity contribution in [3.05, 3.63) is 45.7 Å². The van der Waals surface area contributed by atoms with Crippen molar-refractivity contribution in [2.24, 2.45) is 12.0 Å². The smallest absolute Gasteiger partial charge is 0.249 e. The molecule has 2 rings (SSSR count). The molecule has 0 atom stereocenters. The first-order chi connectivity index (χ1) is 9.88. The molecule has 1 amide bonds. The fourth-order valence-corrected chi connectivity index (χ4v) is 3.68. The van der Waals surface area contributed by atoms with E-state index in [1.54, 1.807) is 23.2 Å². The first-order valence-corrected chi connectivity index (χ1v) is 8.95. The predicted octanol–water partition coefficient (Wildman–Crippen LogP) is 2.03. The minimum atomic E-state index is -3.50. The van der Waals surface area contributed by atoms with Crippen LogP contribution in [0.25, 0.3) is 0 Å². The number of hydrogen-bond acceptors (Lipinski definition) is 4. The number of benzene rings is 1. The van der Waals surface area contributed by atoms with E-state index < -0.39 is 15.7 Å². The maximum Gasteiger partial charge on any atom is 0.249 e. The highest BCUT2D eigenvalue weighted by molar-refractivity contribution is 7.91. The Morgan fingerprint density at radius 1 is 1.33 bits per heavy atom. The lowest BCUT2D eigenvalue weighted by molar-refractivity contribution is -0.117. The highest BCUT2D eigenvalue weighted by Crippen LogP contribution is 2.16. The summed E-state index contributed by atoms with van der Waals surface area (Å²) < 4.78 is 25.9. The van der Waals surface area contributed by atoms with Crippen LogP contribution in [0.3, 0.4) is 0 Å². The molecule has 0 aliphatic heterocycles. The first kappa shape index (κ1) is 15.9. The van der Waals surface area contributed by atoms with Gasteiger partial charge in [0.15, 0.2) is 14.6 Å². The van der Waals surface area contributed by atoms with Crippen LogP contribution in [0.4, 0.5) is 0 Å². The fourth-order valence-electron chi connectivity index (χ4n) is 1.58. The molecular weight excluding hydrogens is 332 g/mol. The molecule has 0 saturated carbocycles. The fraction of sp³-hybridized carbons (Fsp3) is 0.231. The molecule has 2 aromatic rings. The zero-order chi connectivity index (χ0) is 15.5. The molecule has 112 valence electrons.